The van der Waals surface area contributed by atoms with Gasteiger partial charge in [0.1, 0.15) is 19.0 Å². The number of aliphatic hydroxyl groups is 1. The van der Waals surface area contributed by atoms with Gasteiger partial charge in [-0.05, 0) is 39.5 Å². The van der Waals surface area contributed by atoms with Crippen LogP contribution in [0.25, 0.3) is 0 Å². The van der Waals surface area contributed by atoms with E-state index in [9.17, 15) is 27.1 Å². The molecule has 3 fully saturated rings. The second-order valence-electron chi connectivity index (χ2n) is 9.76. The third kappa shape index (κ3) is 5.50. The van der Waals surface area contributed by atoms with E-state index in [-0.39, 0.29) is 32.4 Å². The highest BCUT2D eigenvalue weighted by atomic mass is 35.5. The standard InChI is InChI=1S/C20H34ClF5N4O2/c1-18(20(25,26)9-32-8-15(27)30-18)12-6-11(3-4-14(12)22)29-17(31)16-13(21)5-10(7-28-16)19(2,23)24/h10-17,28-31H,3-9,27H2,1-2H3/t10?,11?,12?,13?,14?,15-,16?,17?,18?/m0/s1. The second kappa shape index (κ2) is 9.75. The van der Waals surface area contributed by atoms with Crippen LogP contribution in [0.1, 0.15) is 39.5 Å². The normalized spacial score (nSPS) is 44.6. The van der Waals surface area contributed by atoms with Crippen molar-refractivity contribution >= 4 is 11.6 Å². The predicted octanol–water partition coefficient (Wildman–Crippen LogP) is 1.94. The molecule has 0 aromatic heterocycles. The first-order valence-corrected chi connectivity index (χ1v) is 11.5. The Balaban J connectivity index is 1.66. The van der Waals surface area contributed by atoms with Crippen LogP contribution in [-0.4, -0.2) is 78.3 Å². The van der Waals surface area contributed by atoms with E-state index in [1.165, 1.54) is 6.92 Å². The summed E-state index contributed by atoms with van der Waals surface area (Å²) < 4.78 is 77.0. The summed E-state index contributed by atoms with van der Waals surface area (Å²) in [5.41, 5.74) is 3.89. The van der Waals surface area contributed by atoms with Crippen LogP contribution in [0.15, 0.2) is 0 Å². The van der Waals surface area contributed by atoms with Gasteiger partial charge in [-0.3, -0.25) is 10.6 Å². The van der Waals surface area contributed by atoms with E-state index in [0.29, 0.717) is 6.42 Å². The van der Waals surface area contributed by atoms with Gasteiger partial charge in [0, 0.05) is 24.4 Å². The van der Waals surface area contributed by atoms with Crippen LogP contribution >= 0.6 is 11.6 Å². The van der Waals surface area contributed by atoms with Crippen LogP contribution < -0.4 is 21.7 Å². The molecule has 2 saturated heterocycles. The average molecular weight is 493 g/mol. The Bertz CT molecular complexity index is 646. The molecule has 3 rings (SSSR count). The van der Waals surface area contributed by atoms with Crippen molar-refractivity contribution in [3.05, 3.63) is 0 Å². The van der Waals surface area contributed by atoms with Crippen molar-refractivity contribution in [2.45, 2.75) is 92.9 Å². The number of hydrogen-bond donors (Lipinski definition) is 5. The Morgan fingerprint density at radius 2 is 1.97 bits per heavy atom. The molecule has 2 heterocycles. The number of hydrogen-bond acceptors (Lipinski definition) is 6. The molecule has 188 valence electrons. The van der Waals surface area contributed by atoms with E-state index in [1.807, 2.05) is 0 Å². The Labute approximate surface area is 190 Å². The highest BCUT2D eigenvalue weighted by Crippen LogP contribution is 2.44. The topological polar surface area (TPSA) is 91.6 Å². The van der Waals surface area contributed by atoms with Crippen LogP contribution in [0.5, 0.6) is 0 Å². The molecule has 0 aromatic rings. The molecule has 0 bridgehead atoms. The molecule has 0 radical (unpaired) electrons. The van der Waals surface area contributed by atoms with Crippen LogP contribution in [0.3, 0.4) is 0 Å². The lowest BCUT2D eigenvalue weighted by Crippen LogP contribution is -2.68. The maximum atomic E-state index is 14.9. The fourth-order valence-corrected chi connectivity index (χ4v) is 5.65. The van der Waals surface area contributed by atoms with Crippen molar-refractivity contribution in [3.8, 4) is 0 Å². The summed E-state index contributed by atoms with van der Waals surface area (Å²) in [5, 5.41) is 18.4. The molecule has 1 aliphatic carbocycles. The Morgan fingerprint density at radius 3 is 2.59 bits per heavy atom. The van der Waals surface area contributed by atoms with Crippen molar-refractivity contribution in [1.29, 1.82) is 0 Å². The van der Waals surface area contributed by atoms with Crippen molar-refractivity contribution in [2.24, 2.45) is 17.6 Å². The molecule has 0 amide bonds. The molecule has 0 aromatic carbocycles. The van der Waals surface area contributed by atoms with Gasteiger partial charge >= 0.3 is 0 Å². The number of nitrogens with two attached hydrogens (primary N) is 1. The van der Waals surface area contributed by atoms with Crippen LogP contribution in [0.2, 0.25) is 0 Å². The number of rotatable bonds is 5. The van der Waals surface area contributed by atoms with E-state index in [2.05, 4.69) is 16.0 Å². The summed E-state index contributed by atoms with van der Waals surface area (Å²) in [5.74, 6) is -8.29. The van der Waals surface area contributed by atoms with E-state index < -0.39 is 71.9 Å². The first-order chi connectivity index (χ1) is 14.7. The predicted molar refractivity (Wildman–Crippen MR) is 111 cm³/mol. The zero-order chi connectivity index (χ0) is 23.9. The minimum Gasteiger partial charge on any atom is -0.377 e. The fourth-order valence-electron chi connectivity index (χ4n) is 5.21. The van der Waals surface area contributed by atoms with E-state index in [4.69, 9.17) is 22.1 Å². The first kappa shape index (κ1) is 26.3. The van der Waals surface area contributed by atoms with Crippen LogP contribution in [0, 0.1) is 11.8 Å². The zero-order valence-electron chi connectivity index (χ0n) is 18.3. The number of alkyl halides is 6. The molecule has 8 unspecified atom stereocenters. The van der Waals surface area contributed by atoms with Crippen molar-refractivity contribution in [2.75, 3.05) is 19.8 Å². The highest BCUT2D eigenvalue weighted by molar-refractivity contribution is 6.21. The maximum absolute atomic E-state index is 14.9. The summed E-state index contributed by atoms with van der Waals surface area (Å²) in [6, 6.07) is -1.17. The van der Waals surface area contributed by atoms with E-state index in [1.54, 1.807) is 0 Å². The summed E-state index contributed by atoms with van der Waals surface area (Å²) in [6.07, 6.45) is -3.15. The molecule has 32 heavy (non-hydrogen) atoms. The minimum atomic E-state index is -3.36. The highest BCUT2D eigenvalue weighted by Gasteiger charge is 2.59. The molecular formula is C20H34ClF5N4O2. The number of ether oxygens (including phenoxy) is 1. The van der Waals surface area contributed by atoms with Gasteiger partial charge in [0.05, 0.1) is 29.7 Å². The zero-order valence-corrected chi connectivity index (χ0v) is 19.0. The van der Waals surface area contributed by atoms with Crippen LogP contribution in [-0.2, 0) is 4.74 Å². The summed E-state index contributed by atoms with van der Waals surface area (Å²) in [6.45, 7) is 1.11. The lowest BCUT2D eigenvalue weighted by molar-refractivity contribution is -0.150. The molecule has 1 saturated carbocycles. The van der Waals surface area contributed by atoms with Crippen molar-refractivity contribution in [3.63, 3.8) is 0 Å². The molecule has 0 spiro atoms. The molecule has 3 aliphatic rings. The maximum Gasteiger partial charge on any atom is 0.288 e. The Kier molecular flexibility index (Phi) is 8.02. The van der Waals surface area contributed by atoms with E-state index in [0.717, 1.165) is 6.92 Å². The number of halogens is 6. The summed E-state index contributed by atoms with van der Waals surface area (Å²) >= 11 is 6.27. The van der Waals surface area contributed by atoms with Crippen LogP contribution in [0.4, 0.5) is 22.0 Å². The Morgan fingerprint density at radius 1 is 1.28 bits per heavy atom. The third-order valence-electron chi connectivity index (χ3n) is 7.30. The van der Waals surface area contributed by atoms with Crippen molar-refractivity contribution < 1.29 is 31.8 Å². The molecule has 2 aliphatic heterocycles. The average Bonchev–Trinajstić information content (AvgIpc) is 2.77. The van der Waals surface area contributed by atoms with Gasteiger partial charge in [-0.15, -0.1) is 11.6 Å². The first-order valence-electron chi connectivity index (χ1n) is 11.1. The minimum absolute atomic E-state index is 0.0118. The molecule has 12 heteroatoms. The monoisotopic (exact) mass is 492 g/mol. The number of piperidine rings is 1. The van der Waals surface area contributed by atoms with Gasteiger partial charge in [-0.2, -0.15) is 0 Å². The number of nitrogens with one attached hydrogen (secondary N) is 3. The van der Waals surface area contributed by atoms with Gasteiger partial charge in [-0.25, -0.2) is 22.0 Å². The molecule has 6 nitrogen and oxygen atoms in total. The Hall–Kier alpha value is -0.300. The molecule has 6 N–H and O–H groups in total. The summed E-state index contributed by atoms with van der Waals surface area (Å²) in [7, 11) is 0. The third-order valence-corrected chi connectivity index (χ3v) is 7.75. The number of aliphatic hydroxyl groups excluding tert-OH is 1. The second-order valence-corrected chi connectivity index (χ2v) is 10.3. The van der Waals surface area contributed by atoms with E-state index >= 15 is 0 Å². The lowest BCUT2D eigenvalue weighted by Gasteiger charge is -2.48. The molecular weight excluding hydrogens is 459 g/mol. The van der Waals surface area contributed by atoms with Gasteiger partial charge in [0.2, 0.25) is 5.92 Å². The van der Waals surface area contributed by atoms with Crippen molar-refractivity contribution in [1.82, 2.24) is 16.0 Å². The molecule has 9 atom stereocenters. The fraction of sp³-hybridized carbons (Fsp3) is 1.00. The lowest BCUT2D eigenvalue weighted by atomic mass is 9.69. The largest absolute Gasteiger partial charge is 0.377 e. The summed E-state index contributed by atoms with van der Waals surface area (Å²) in [4.78, 5) is 0. The smallest absolute Gasteiger partial charge is 0.288 e. The van der Waals surface area contributed by atoms with Gasteiger partial charge < -0.3 is 20.9 Å². The van der Waals surface area contributed by atoms with Gasteiger partial charge in [-0.1, -0.05) is 0 Å². The van der Waals surface area contributed by atoms with Gasteiger partial charge in [0.25, 0.3) is 5.92 Å². The van der Waals surface area contributed by atoms with Gasteiger partial charge in [0.15, 0.2) is 0 Å². The SMILES string of the molecule is CC(F)(F)C1CNC(C(O)NC2CCC(F)C(C3(C)N[C@H](N)COCC3(F)F)C2)C(Cl)C1. The quantitative estimate of drug-likeness (QED) is 0.229.